The number of carbonyl (C=O) groups excluding carboxylic acids is 1. The summed E-state index contributed by atoms with van der Waals surface area (Å²) in [7, 11) is 1.61. The number of benzene rings is 1. The van der Waals surface area contributed by atoms with Gasteiger partial charge in [-0.15, -0.1) is 0 Å². The standard InChI is InChI=1S/C25H34N2O4/c1-6-12-25(4)13-7-14-27(17-25)24(28)11-9-20-8-10-22(23(15-20)29-5)30-16-21-18(2)26-31-19(21)3/h8-11,15H,6-7,12-14,16-17H2,1-5H3/b11-9+/t25-/m1/s1. The van der Waals surface area contributed by atoms with E-state index >= 15 is 0 Å². The average molecular weight is 427 g/mol. The second-order valence-electron chi connectivity index (χ2n) is 8.76. The lowest BCUT2D eigenvalue weighted by Gasteiger charge is -2.40. The zero-order chi connectivity index (χ0) is 22.4. The average Bonchev–Trinajstić information content (AvgIpc) is 3.08. The molecule has 168 valence electrons. The van der Waals surface area contributed by atoms with Gasteiger partial charge in [-0.25, -0.2) is 0 Å². The number of methoxy groups -OCH3 is 1. The summed E-state index contributed by atoms with van der Waals surface area (Å²) in [5, 5.41) is 3.95. The Morgan fingerprint density at radius 1 is 1.32 bits per heavy atom. The fourth-order valence-corrected chi connectivity index (χ4v) is 4.35. The van der Waals surface area contributed by atoms with Crippen LogP contribution in [0, 0.1) is 19.3 Å². The van der Waals surface area contributed by atoms with Crippen LogP contribution in [0.4, 0.5) is 0 Å². The summed E-state index contributed by atoms with van der Waals surface area (Å²) in [4.78, 5) is 14.7. The molecule has 1 fully saturated rings. The Morgan fingerprint density at radius 2 is 2.13 bits per heavy atom. The molecule has 2 aromatic rings. The topological polar surface area (TPSA) is 64.8 Å². The Balaban J connectivity index is 1.65. The van der Waals surface area contributed by atoms with Crippen molar-refractivity contribution in [3.63, 3.8) is 0 Å². The fraction of sp³-hybridized carbons (Fsp3) is 0.520. The summed E-state index contributed by atoms with van der Waals surface area (Å²) < 4.78 is 16.6. The highest BCUT2D eigenvalue weighted by molar-refractivity contribution is 5.92. The molecule has 1 atom stereocenters. The van der Waals surface area contributed by atoms with Crippen molar-refractivity contribution in [3.05, 3.63) is 46.9 Å². The van der Waals surface area contributed by atoms with E-state index in [1.807, 2.05) is 43.0 Å². The Kier molecular flexibility index (Phi) is 7.42. The highest BCUT2D eigenvalue weighted by Gasteiger charge is 2.31. The molecule has 1 aliphatic rings. The maximum atomic E-state index is 12.8. The van der Waals surface area contributed by atoms with Gasteiger partial charge < -0.3 is 18.9 Å². The number of rotatable bonds is 8. The number of hydrogen-bond acceptors (Lipinski definition) is 5. The molecule has 1 aromatic heterocycles. The highest BCUT2D eigenvalue weighted by atomic mass is 16.5. The van der Waals surface area contributed by atoms with Gasteiger partial charge in [-0.05, 0) is 62.3 Å². The number of nitrogens with zero attached hydrogens (tertiary/aromatic N) is 2. The molecule has 1 aliphatic heterocycles. The number of amides is 1. The molecule has 6 nitrogen and oxygen atoms in total. The Bertz CT molecular complexity index is 910. The van der Waals surface area contributed by atoms with E-state index in [1.54, 1.807) is 13.2 Å². The number of carbonyl (C=O) groups is 1. The molecular weight excluding hydrogens is 392 g/mol. The van der Waals surface area contributed by atoms with Gasteiger partial charge in [0.15, 0.2) is 11.5 Å². The smallest absolute Gasteiger partial charge is 0.246 e. The molecule has 0 unspecified atom stereocenters. The van der Waals surface area contributed by atoms with Gasteiger partial charge in [-0.2, -0.15) is 0 Å². The van der Waals surface area contributed by atoms with Crippen LogP contribution in [0.3, 0.4) is 0 Å². The van der Waals surface area contributed by atoms with E-state index in [0.29, 0.717) is 18.1 Å². The Hall–Kier alpha value is -2.76. The van der Waals surface area contributed by atoms with Crippen molar-refractivity contribution in [2.24, 2.45) is 5.41 Å². The van der Waals surface area contributed by atoms with Crippen molar-refractivity contribution < 1.29 is 18.8 Å². The second-order valence-corrected chi connectivity index (χ2v) is 8.76. The van der Waals surface area contributed by atoms with Crippen LogP contribution < -0.4 is 9.47 Å². The molecule has 2 heterocycles. The fourth-order valence-electron chi connectivity index (χ4n) is 4.35. The first kappa shape index (κ1) is 22.9. The van der Waals surface area contributed by atoms with E-state index in [1.165, 1.54) is 6.42 Å². The Morgan fingerprint density at radius 3 is 2.81 bits per heavy atom. The van der Waals surface area contributed by atoms with Gasteiger partial charge in [0.2, 0.25) is 5.91 Å². The number of likely N-dealkylation sites (tertiary alicyclic amines) is 1. The molecule has 0 N–H and O–H groups in total. The molecule has 6 heteroatoms. The third kappa shape index (κ3) is 5.69. The Labute approximate surface area is 185 Å². The van der Waals surface area contributed by atoms with Crippen LogP contribution in [0.5, 0.6) is 11.5 Å². The van der Waals surface area contributed by atoms with E-state index in [9.17, 15) is 4.79 Å². The number of aromatic nitrogens is 1. The molecule has 0 spiro atoms. The lowest BCUT2D eigenvalue weighted by molar-refractivity contribution is -0.129. The van der Waals surface area contributed by atoms with E-state index in [-0.39, 0.29) is 11.3 Å². The van der Waals surface area contributed by atoms with E-state index in [0.717, 1.165) is 54.9 Å². The lowest BCUT2D eigenvalue weighted by Crippen LogP contribution is -2.44. The van der Waals surface area contributed by atoms with Crippen molar-refractivity contribution in [2.75, 3.05) is 20.2 Å². The van der Waals surface area contributed by atoms with Gasteiger partial charge in [0.1, 0.15) is 12.4 Å². The van der Waals surface area contributed by atoms with Crippen LogP contribution >= 0.6 is 0 Å². The molecule has 31 heavy (non-hydrogen) atoms. The van der Waals surface area contributed by atoms with Crippen molar-refractivity contribution in [2.45, 2.75) is 60.0 Å². The van der Waals surface area contributed by atoms with Crippen LogP contribution in [0.2, 0.25) is 0 Å². The number of ether oxygens (including phenoxy) is 2. The van der Waals surface area contributed by atoms with Gasteiger partial charge in [-0.1, -0.05) is 31.5 Å². The van der Waals surface area contributed by atoms with Crippen LogP contribution in [0.1, 0.15) is 62.1 Å². The number of aryl methyl sites for hydroxylation is 2. The predicted octanol–water partition coefficient (Wildman–Crippen LogP) is 5.32. The number of hydrogen-bond donors (Lipinski definition) is 0. The zero-order valence-corrected chi connectivity index (χ0v) is 19.4. The lowest BCUT2D eigenvalue weighted by atomic mass is 9.78. The molecule has 0 saturated carbocycles. The quantitative estimate of drug-likeness (QED) is 0.535. The minimum atomic E-state index is 0.0692. The number of piperidine rings is 1. The third-order valence-corrected chi connectivity index (χ3v) is 6.11. The van der Waals surface area contributed by atoms with E-state index in [2.05, 4.69) is 19.0 Å². The SMILES string of the molecule is CCC[C@]1(C)CCCN(C(=O)/C=C/c2ccc(OCc3c(C)noc3C)c(OC)c2)C1. The van der Waals surface area contributed by atoms with Gasteiger partial charge >= 0.3 is 0 Å². The summed E-state index contributed by atoms with van der Waals surface area (Å²) in [6, 6.07) is 5.66. The summed E-state index contributed by atoms with van der Waals surface area (Å²) in [6.45, 7) is 10.3. The van der Waals surface area contributed by atoms with Crippen molar-refractivity contribution in [1.82, 2.24) is 10.1 Å². The molecule has 0 radical (unpaired) electrons. The molecule has 1 aromatic carbocycles. The minimum Gasteiger partial charge on any atom is -0.493 e. The first-order chi connectivity index (χ1) is 14.8. The van der Waals surface area contributed by atoms with Crippen molar-refractivity contribution >= 4 is 12.0 Å². The van der Waals surface area contributed by atoms with Crippen molar-refractivity contribution in [3.8, 4) is 11.5 Å². The second kappa shape index (κ2) is 10.0. The largest absolute Gasteiger partial charge is 0.493 e. The van der Waals surface area contributed by atoms with Crippen molar-refractivity contribution in [1.29, 1.82) is 0 Å². The van der Waals surface area contributed by atoms with E-state index < -0.39 is 0 Å². The third-order valence-electron chi connectivity index (χ3n) is 6.11. The van der Waals surface area contributed by atoms with Crippen LogP contribution in [0.25, 0.3) is 6.08 Å². The summed E-state index contributed by atoms with van der Waals surface area (Å²) in [5.74, 6) is 2.08. The highest BCUT2D eigenvalue weighted by Crippen LogP contribution is 2.34. The first-order valence-corrected chi connectivity index (χ1v) is 11.0. The van der Waals surface area contributed by atoms with Crippen LogP contribution in [-0.4, -0.2) is 36.2 Å². The molecule has 1 amide bonds. The maximum Gasteiger partial charge on any atom is 0.246 e. The monoisotopic (exact) mass is 426 g/mol. The molecule has 1 saturated heterocycles. The van der Waals surface area contributed by atoms with E-state index in [4.69, 9.17) is 14.0 Å². The summed E-state index contributed by atoms with van der Waals surface area (Å²) >= 11 is 0. The molecule has 3 rings (SSSR count). The van der Waals surface area contributed by atoms with Gasteiger partial charge in [0.05, 0.1) is 18.4 Å². The molecule has 0 aliphatic carbocycles. The molecule has 0 bridgehead atoms. The summed E-state index contributed by atoms with van der Waals surface area (Å²) in [6.07, 6.45) is 8.08. The first-order valence-electron chi connectivity index (χ1n) is 11.0. The normalized spacial score (nSPS) is 19.1. The predicted molar refractivity (Wildman–Crippen MR) is 121 cm³/mol. The van der Waals surface area contributed by atoms with Gasteiger partial charge in [0.25, 0.3) is 0 Å². The molecular formula is C25H34N2O4. The van der Waals surface area contributed by atoms with Crippen LogP contribution in [-0.2, 0) is 11.4 Å². The minimum absolute atomic E-state index is 0.0692. The van der Waals surface area contributed by atoms with Crippen LogP contribution in [0.15, 0.2) is 28.8 Å². The van der Waals surface area contributed by atoms with Gasteiger partial charge in [-0.3, -0.25) is 4.79 Å². The van der Waals surface area contributed by atoms with Gasteiger partial charge in [0, 0.05) is 19.2 Å². The summed E-state index contributed by atoms with van der Waals surface area (Å²) in [5.41, 5.74) is 2.89. The zero-order valence-electron chi connectivity index (χ0n) is 19.4. The maximum absolute atomic E-state index is 12.8.